The van der Waals surface area contributed by atoms with Crippen molar-refractivity contribution in [2.75, 3.05) is 13.1 Å². The quantitative estimate of drug-likeness (QED) is 0.827. The molecule has 1 N–H and O–H groups in total. The number of alkyl halides is 1. The molecule has 1 saturated heterocycles. The predicted molar refractivity (Wildman–Crippen MR) is 63.9 cm³/mol. The van der Waals surface area contributed by atoms with E-state index in [1.54, 1.807) is 6.92 Å². The Morgan fingerprint density at radius 3 is 3.00 bits per heavy atom. The Hall–Kier alpha value is -0.410. The second kappa shape index (κ2) is 4.22. The van der Waals surface area contributed by atoms with E-state index in [-0.39, 0.29) is 5.92 Å². The molecule has 2 rings (SSSR count). The van der Waals surface area contributed by atoms with E-state index in [4.69, 9.17) is 0 Å². The van der Waals surface area contributed by atoms with Crippen LogP contribution in [0.1, 0.15) is 24.8 Å². The Labute approximate surface area is 98.2 Å². The summed E-state index contributed by atoms with van der Waals surface area (Å²) in [5.41, 5.74) is -0.0203. The van der Waals surface area contributed by atoms with Gasteiger partial charge in [-0.15, -0.1) is 0 Å². The summed E-state index contributed by atoms with van der Waals surface area (Å²) in [6.45, 7) is 3.21. The highest BCUT2D eigenvalue weighted by Crippen LogP contribution is 2.36. The van der Waals surface area contributed by atoms with Gasteiger partial charge >= 0.3 is 0 Å². The molecule has 1 aromatic carbocycles. The second-order valence-corrected chi connectivity index (χ2v) is 5.26. The Bertz CT molecular complexity index is 351. The summed E-state index contributed by atoms with van der Waals surface area (Å²) in [6, 6.07) is 7.94. The first-order valence-electron chi connectivity index (χ1n) is 5.25. The van der Waals surface area contributed by atoms with Gasteiger partial charge in [0.15, 0.2) is 0 Å². The number of rotatable bonds is 1. The van der Waals surface area contributed by atoms with Gasteiger partial charge in [0.1, 0.15) is 5.67 Å². The van der Waals surface area contributed by atoms with Gasteiger partial charge in [0.25, 0.3) is 0 Å². The topological polar surface area (TPSA) is 12.0 Å². The molecule has 0 saturated carbocycles. The SMILES string of the molecule is CC1(F)CCNCC1c1cccc(Br)c1. The fourth-order valence-electron chi connectivity index (χ4n) is 2.15. The fourth-order valence-corrected chi connectivity index (χ4v) is 2.57. The van der Waals surface area contributed by atoms with Gasteiger partial charge in [0, 0.05) is 16.9 Å². The van der Waals surface area contributed by atoms with Crippen molar-refractivity contribution >= 4 is 15.9 Å². The summed E-state index contributed by atoms with van der Waals surface area (Å²) in [5, 5.41) is 3.25. The highest BCUT2D eigenvalue weighted by Gasteiger charge is 2.37. The van der Waals surface area contributed by atoms with Crippen molar-refractivity contribution in [1.29, 1.82) is 0 Å². The zero-order valence-electron chi connectivity index (χ0n) is 8.76. The molecule has 0 spiro atoms. The number of nitrogens with one attached hydrogen (secondary N) is 1. The van der Waals surface area contributed by atoms with Gasteiger partial charge in [-0.2, -0.15) is 0 Å². The smallest absolute Gasteiger partial charge is 0.117 e. The summed E-state index contributed by atoms with van der Waals surface area (Å²) in [5.74, 6) is -0.0382. The van der Waals surface area contributed by atoms with Crippen LogP contribution in [0.3, 0.4) is 0 Å². The molecule has 0 radical (unpaired) electrons. The summed E-state index contributed by atoms with van der Waals surface area (Å²) < 4.78 is 15.3. The Morgan fingerprint density at radius 2 is 2.33 bits per heavy atom. The minimum atomic E-state index is -1.09. The third kappa shape index (κ3) is 2.40. The first-order valence-corrected chi connectivity index (χ1v) is 6.04. The van der Waals surface area contributed by atoms with Crippen molar-refractivity contribution in [3.05, 3.63) is 34.3 Å². The van der Waals surface area contributed by atoms with E-state index in [1.165, 1.54) is 0 Å². The van der Waals surface area contributed by atoms with Crippen molar-refractivity contribution in [2.45, 2.75) is 24.9 Å². The molecule has 82 valence electrons. The molecule has 15 heavy (non-hydrogen) atoms. The minimum Gasteiger partial charge on any atom is -0.316 e. The largest absolute Gasteiger partial charge is 0.316 e. The van der Waals surface area contributed by atoms with E-state index in [1.807, 2.05) is 24.3 Å². The molecule has 1 aliphatic rings. The van der Waals surface area contributed by atoms with Crippen molar-refractivity contribution < 1.29 is 4.39 Å². The fraction of sp³-hybridized carbons (Fsp3) is 0.500. The zero-order chi connectivity index (χ0) is 10.9. The van der Waals surface area contributed by atoms with Crippen LogP contribution in [0.4, 0.5) is 4.39 Å². The molecule has 0 aliphatic carbocycles. The lowest BCUT2D eigenvalue weighted by atomic mass is 9.80. The van der Waals surface area contributed by atoms with Crippen molar-refractivity contribution in [2.24, 2.45) is 0 Å². The average Bonchev–Trinajstić information content (AvgIpc) is 2.17. The second-order valence-electron chi connectivity index (χ2n) is 4.34. The molecule has 1 aromatic rings. The Kier molecular flexibility index (Phi) is 3.12. The minimum absolute atomic E-state index is 0.0382. The van der Waals surface area contributed by atoms with Crippen LogP contribution in [0.2, 0.25) is 0 Å². The highest BCUT2D eigenvalue weighted by molar-refractivity contribution is 9.10. The predicted octanol–water partition coefficient (Wildman–Crippen LogP) is 3.25. The van der Waals surface area contributed by atoms with Crippen LogP contribution >= 0.6 is 15.9 Å². The van der Waals surface area contributed by atoms with E-state index in [0.717, 1.165) is 23.1 Å². The van der Waals surface area contributed by atoms with E-state index < -0.39 is 5.67 Å². The molecule has 1 heterocycles. The first-order chi connectivity index (χ1) is 7.09. The van der Waals surface area contributed by atoms with E-state index in [2.05, 4.69) is 21.2 Å². The Balaban J connectivity index is 2.29. The van der Waals surface area contributed by atoms with E-state index >= 15 is 0 Å². The third-order valence-electron chi connectivity index (χ3n) is 3.12. The van der Waals surface area contributed by atoms with Gasteiger partial charge in [-0.05, 0) is 37.6 Å². The molecule has 1 nitrogen and oxygen atoms in total. The number of hydrogen-bond donors (Lipinski definition) is 1. The lowest BCUT2D eigenvalue weighted by molar-refractivity contribution is 0.110. The summed E-state index contributed by atoms with van der Waals surface area (Å²) in [4.78, 5) is 0. The first kappa shape index (κ1) is 11.1. The Morgan fingerprint density at radius 1 is 1.53 bits per heavy atom. The average molecular weight is 272 g/mol. The maximum atomic E-state index is 14.3. The number of piperidine rings is 1. The molecule has 2 unspecified atom stereocenters. The van der Waals surface area contributed by atoms with Crippen molar-refractivity contribution in [3.63, 3.8) is 0 Å². The molecule has 2 atom stereocenters. The molecular formula is C12H15BrFN. The highest BCUT2D eigenvalue weighted by atomic mass is 79.9. The maximum absolute atomic E-state index is 14.3. The van der Waals surface area contributed by atoms with Gasteiger partial charge in [0.2, 0.25) is 0 Å². The lowest BCUT2D eigenvalue weighted by Crippen LogP contribution is -2.43. The third-order valence-corrected chi connectivity index (χ3v) is 3.61. The molecule has 3 heteroatoms. The number of benzene rings is 1. The van der Waals surface area contributed by atoms with Crippen LogP contribution in [0, 0.1) is 0 Å². The van der Waals surface area contributed by atoms with Gasteiger partial charge < -0.3 is 5.32 Å². The summed E-state index contributed by atoms with van der Waals surface area (Å²) in [7, 11) is 0. The molecule has 0 bridgehead atoms. The molecular weight excluding hydrogens is 257 g/mol. The van der Waals surface area contributed by atoms with E-state index in [9.17, 15) is 4.39 Å². The standard InChI is InChI=1S/C12H15BrFN/c1-12(14)5-6-15-8-11(12)9-3-2-4-10(13)7-9/h2-4,7,11,15H,5-6,8H2,1H3. The van der Waals surface area contributed by atoms with Crippen LogP contribution in [0.25, 0.3) is 0 Å². The zero-order valence-corrected chi connectivity index (χ0v) is 10.3. The monoisotopic (exact) mass is 271 g/mol. The molecule has 0 aromatic heterocycles. The summed E-state index contributed by atoms with van der Waals surface area (Å²) >= 11 is 3.42. The van der Waals surface area contributed by atoms with Gasteiger partial charge in [0.05, 0.1) is 0 Å². The number of halogens is 2. The van der Waals surface area contributed by atoms with Gasteiger partial charge in [-0.1, -0.05) is 28.1 Å². The maximum Gasteiger partial charge on any atom is 0.117 e. The normalized spacial score (nSPS) is 31.5. The lowest BCUT2D eigenvalue weighted by Gasteiger charge is -2.35. The molecule has 0 amide bonds. The number of hydrogen-bond acceptors (Lipinski definition) is 1. The molecule has 1 fully saturated rings. The van der Waals surface area contributed by atoms with Gasteiger partial charge in [-0.3, -0.25) is 0 Å². The van der Waals surface area contributed by atoms with Crippen molar-refractivity contribution in [3.8, 4) is 0 Å². The van der Waals surface area contributed by atoms with Crippen LogP contribution in [0.5, 0.6) is 0 Å². The van der Waals surface area contributed by atoms with Crippen LogP contribution in [0.15, 0.2) is 28.7 Å². The molecule has 1 aliphatic heterocycles. The summed E-state index contributed by atoms with van der Waals surface area (Å²) in [6.07, 6.45) is 0.587. The van der Waals surface area contributed by atoms with E-state index in [0.29, 0.717) is 6.42 Å². The van der Waals surface area contributed by atoms with Crippen LogP contribution in [-0.4, -0.2) is 18.8 Å². The van der Waals surface area contributed by atoms with Gasteiger partial charge in [-0.25, -0.2) is 4.39 Å². The van der Waals surface area contributed by atoms with Crippen LogP contribution in [-0.2, 0) is 0 Å². The van der Waals surface area contributed by atoms with Crippen LogP contribution < -0.4 is 5.32 Å². The van der Waals surface area contributed by atoms with Crippen molar-refractivity contribution in [1.82, 2.24) is 5.32 Å².